The van der Waals surface area contributed by atoms with Crippen molar-refractivity contribution in [2.24, 2.45) is 5.73 Å². The number of amides is 2. The van der Waals surface area contributed by atoms with E-state index in [1.165, 1.54) is 17.8 Å². The fourth-order valence-electron chi connectivity index (χ4n) is 3.90. The Morgan fingerprint density at radius 1 is 1.18 bits per heavy atom. The lowest BCUT2D eigenvalue weighted by atomic mass is 9.88. The van der Waals surface area contributed by atoms with Crippen molar-refractivity contribution in [1.82, 2.24) is 10.3 Å². The number of phenolic OH excluding ortho intramolecular Hbond substituents is 1. The van der Waals surface area contributed by atoms with Gasteiger partial charge < -0.3 is 20.9 Å². The summed E-state index contributed by atoms with van der Waals surface area (Å²) in [6.45, 7) is 0.241. The maximum absolute atomic E-state index is 12.6. The lowest BCUT2D eigenvalue weighted by molar-refractivity contribution is -0.385. The molecule has 2 amide bonds. The Morgan fingerprint density at radius 3 is 2.74 bits per heavy atom. The zero-order valence-corrected chi connectivity index (χ0v) is 18.1. The number of aromatic hydroxyl groups is 1. The number of hydrogen-bond donors (Lipinski definition) is 3. The Morgan fingerprint density at radius 2 is 2.00 bits per heavy atom. The zero-order valence-electron chi connectivity index (χ0n) is 18.1. The molecule has 0 saturated heterocycles. The minimum atomic E-state index is -0.708. The fourth-order valence-corrected chi connectivity index (χ4v) is 3.90. The van der Waals surface area contributed by atoms with Gasteiger partial charge in [0.05, 0.1) is 4.92 Å². The minimum absolute atomic E-state index is 0.133. The van der Waals surface area contributed by atoms with E-state index < -0.39 is 28.2 Å². The second kappa shape index (κ2) is 9.57. The average molecular weight is 462 g/mol. The number of aryl methyl sites for hydroxylation is 1. The molecule has 0 aliphatic heterocycles. The molecule has 3 aromatic rings. The summed E-state index contributed by atoms with van der Waals surface area (Å²) in [6.07, 6.45) is 3.62. The van der Waals surface area contributed by atoms with Gasteiger partial charge in [-0.25, -0.2) is 0 Å². The number of aromatic nitrogens is 1. The molecule has 0 bridgehead atoms. The maximum Gasteiger partial charge on any atom is 0.310 e. The number of nitro groups is 1. The van der Waals surface area contributed by atoms with Crippen molar-refractivity contribution in [2.75, 3.05) is 0 Å². The van der Waals surface area contributed by atoms with Gasteiger partial charge in [-0.15, -0.1) is 0 Å². The molecule has 1 aromatic heterocycles. The second-order valence-electron chi connectivity index (χ2n) is 8.01. The fraction of sp³-hybridized carbons (Fsp3) is 0.208. The number of phenols is 1. The van der Waals surface area contributed by atoms with E-state index in [-0.39, 0.29) is 23.9 Å². The normalized spacial score (nSPS) is 14.6. The quantitative estimate of drug-likeness (QED) is 0.360. The van der Waals surface area contributed by atoms with Crippen molar-refractivity contribution in [3.05, 3.63) is 92.8 Å². The smallest absolute Gasteiger partial charge is 0.310 e. The predicted molar refractivity (Wildman–Crippen MR) is 122 cm³/mol. The lowest BCUT2D eigenvalue weighted by Gasteiger charge is -2.26. The molecule has 1 aliphatic rings. The molecule has 0 radical (unpaired) electrons. The SMILES string of the molecule is NC(=O)c1cc(COc2ccc3c(c2)CC(NC(=O)c2ccc([N+](=O)[O-])c(O)c2)CC3)ccn1. The Kier molecular flexibility index (Phi) is 6.39. The number of hydrogen-bond acceptors (Lipinski definition) is 7. The second-order valence-corrected chi connectivity index (χ2v) is 8.01. The first-order valence-corrected chi connectivity index (χ1v) is 10.6. The topological polar surface area (TPSA) is 158 Å². The van der Waals surface area contributed by atoms with Gasteiger partial charge in [-0.1, -0.05) is 6.07 Å². The van der Waals surface area contributed by atoms with Gasteiger partial charge in [0.25, 0.3) is 11.8 Å². The third-order valence-corrected chi connectivity index (χ3v) is 5.66. The standard InChI is InChI=1S/C24H22N4O6/c25-23(30)20-9-14(7-8-26-20)13-34-19-5-2-15-1-4-18(10-17(15)11-19)27-24(31)16-3-6-21(28(32)33)22(29)12-16/h2-3,5-9,11-12,18,29H,1,4,10,13H2,(H2,25,30)(H,27,31). The number of ether oxygens (including phenoxy) is 1. The van der Waals surface area contributed by atoms with E-state index >= 15 is 0 Å². The summed E-state index contributed by atoms with van der Waals surface area (Å²) >= 11 is 0. The highest BCUT2D eigenvalue weighted by Crippen LogP contribution is 2.28. The van der Waals surface area contributed by atoms with E-state index in [4.69, 9.17) is 10.5 Å². The van der Waals surface area contributed by atoms with Crippen LogP contribution in [-0.4, -0.2) is 32.9 Å². The van der Waals surface area contributed by atoms with Crippen molar-refractivity contribution in [3.8, 4) is 11.5 Å². The molecule has 0 saturated carbocycles. The molecule has 174 valence electrons. The lowest BCUT2D eigenvalue weighted by Crippen LogP contribution is -2.38. The Balaban J connectivity index is 1.40. The molecule has 34 heavy (non-hydrogen) atoms. The molecule has 1 aliphatic carbocycles. The summed E-state index contributed by atoms with van der Waals surface area (Å²) in [5.41, 5.74) is 8.12. The molecular weight excluding hydrogens is 440 g/mol. The first-order chi connectivity index (χ1) is 16.3. The molecule has 0 spiro atoms. The van der Waals surface area contributed by atoms with Gasteiger partial charge in [0.2, 0.25) is 0 Å². The van der Waals surface area contributed by atoms with Crippen LogP contribution in [0.1, 0.15) is 44.0 Å². The molecule has 4 rings (SSSR count). The molecule has 0 fully saturated rings. The van der Waals surface area contributed by atoms with Crippen LogP contribution in [0.25, 0.3) is 0 Å². The van der Waals surface area contributed by atoms with Crippen molar-refractivity contribution in [1.29, 1.82) is 0 Å². The molecule has 1 heterocycles. The first-order valence-electron chi connectivity index (χ1n) is 10.6. The Bertz CT molecular complexity index is 1280. The molecule has 4 N–H and O–H groups in total. The van der Waals surface area contributed by atoms with Crippen LogP contribution in [0.5, 0.6) is 11.5 Å². The van der Waals surface area contributed by atoms with Crippen LogP contribution in [0.3, 0.4) is 0 Å². The largest absolute Gasteiger partial charge is 0.502 e. The minimum Gasteiger partial charge on any atom is -0.502 e. The average Bonchev–Trinajstić information content (AvgIpc) is 2.82. The monoisotopic (exact) mass is 462 g/mol. The van der Waals surface area contributed by atoms with Crippen LogP contribution in [0.4, 0.5) is 5.69 Å². The number of carbonyl (C=O) groups is 2. The number of nitrogens with two attached hydrogens (primary N) is 1. The summed E-state index contributed by atoms with van der Waals surface area (Å²) in [5.74, 6) is -0.907. The van der Waals surface area contributed by atoms with Crippen molar-refractivity contribution in [3.63, 3.8) is 0 Å². The van der Waals surface area contributed by atoms with E-state index in [1.807, 2.05) is 18.2 Å². The molecule has 2 aromatic carbocycles. The number of pyridine rings is 1. The summed E-state index contributed by atoms with van der Waals surface area (Å²) in [5, 5.41) is 23.6. The highest BCUT2D eigenvalue weighted by molar-refractivity contribution is 5.95. The highest BCUT2D eigenvalue weighted by atomic mass is 16.6. The predicted octanol–water partition coefficient (Wildman–Crippen LogP) is 2.66. The van der Waals surface area contributed by atoms with Crippen LogP contribution in [0.15, 0.2) is 54.7 Å². The molecular formula is C24H22N4O6. The third-order valence-electron chi connectivity index (χ3n) is 5.66. The Labute approximate surface area is 194 Å². The summed E-state index contributed by atoms with van der Waals surface area (Å²) < 4.78 is 5.87. The maximum atomic E-state index is 12.6. The van der Waals surface area contributed by atoms with Gasteiger partial charge in [-0.2, -0.15) is 0 Å². The molecule has 10 nitrogen and oxygen atoms in total. The first kappa shape index (κ1) is 22.7. The summed E-state index contributed by atoms with van der Waals surface area (Å²) in [6, 6.07) is 12.5. The third kappa shape index (κ3) is 5.12. The number of nitrogens with one attached hydrogen (secondary N) is 1. The highest BCUT2D eigenvalue weighted by Gasteiger charge is 2.23. The van der Waals surface area contributed by atoms with Crippen LogP contribution < -0.4 is 15.8 Å². The van der Waals surface area contributed by atoms with Crippen LogP contribution in [0, 0.1) is 10.1 Å². The summed E-state index contributed by atoms with van der Waals surface area (Å²) in [4.78, 5) is 38.0. The number of nitrogens with zero attached hydrogens (tertiary/aromatic N) is 2. The number of primary amides is 1. The van der Waals surface area contributed by atoms with Crippen LogP contribution in [0.2, 0.25) is 0 Å². The van der Waals surface area contributed by atoms with Gasteiger partial charge in [-0.05, 0) is 72.4 Å². The Hall–Kier alpha value is -4.47. The van der Waals surface area contributed by atoms with Gasteiger partial charge in [0.15, 0.2) is 5.75 Å². The van der Waals surface area contributed by atoms with E-state index in [9.17, 15) is 24.8 Å². The molecule has 1 unspecified atom stereocenters. The van der Waals surface area contributed by atoms with Gasteiger partial charge in [0.1, 0.15) is 18.1 Å². The number of benzene rings is 2. The van der Waals surface area contributed by atoms with E-state index in [0.717, 1.165) is 36.1 Å². The van der Waals surface area contributed by atoms with Crippen LogP contribution in [-0.2, 0) is 19.4 Å². The van der Waals surface area contributed by atoms with Gasteiger partial charge in [-0.3, -0.25) is 24.7 Å². The molecule has 10 heteroatoms. The van der Waals surface area contributed by atoms with Crippen LogP contribution >= 0.6 is 0 Å². The van der Waals surface area contributed by atoms with Gasteiger partial charge >= 0.3 is 5.69 Å². The number of nitro benzene ring substituents is 1. The van der Waals surface area contributed by atoms with E-state index in [1.54, 1.807) is 12.1 Å². The van der Waals surface area contributed by atoms with E-state index in [0.29, 0.717) is 12.2 Å². The van der Waals surface area contributed by atoms with E-state index in [2.05, 4.69) is 10.3 Å². The number of rotatable bonds is 7. The molecule has 1 atom stereocenters. The van der Waals surface area contributed by atoms with Gasteiger partial charge in [0, 0.05) is 23.9 Å². The number of carbonyl (C=O) groups excluding carboxylic acids is 2. The van der Waals surface area contributed by atoms with Crippen molar-refractivity contribution < 1.29 is 24.4 Å². The summed E-state index contributed by atoms with van der Waals surface area (Å²) in [7, 11) is 0. The zero-order chi connectivity index (χ0) is 24.2. The van der Waals surface area contributed by atoms with Crippen molar-refractivity contribution >= 4 is 17.5 Å². The van der Waals surface area contributed by atoms with Crippen molar-refractivity contribution in [2.45, 2.75) is 31.9 Å². The number of fused-ring (bicyclic) bond motifs is 1.